The predicted octanol–water partition coefficient (Wildman–Crippen LogP) is 4.04. The molecule has 0 N–H and O–H groups in total. The van der Waals surface area contributed by atoms with Crippen LogP contribution in [0.3, 0.4) is 0 Å². The zero-order valence-corrected chi connectivity index (χ0v) is 11.2. The summed E-state index contributed by atoms with van der Waals surface area (Å²) in [6.07, 6.45) is 4.24. The lowest BCUT2D eigenvalue weighted by Crippen LogP contribution is -2.10. The van der Waals surface area contributed by atoms with Crippen LogP contribution in [0.1, 0.15) is 41.3 Å². The van der Waals surface area contributed by atoms with Gasteiger partial charge < -0.3 is 0 Å². The summed E-state index contributed by atoms with van der Waals surface area (Å²) in [4.78, 5) is 4.61. The van der Waals surface area contributed by atoms with Gasteiger partial charge in [-0.3, -0.25) is 4.98 Å². The van der Waals surface area contributed by atoms with Gasteiger partial charge in [0.05, 0.1) is 5.52 Å². The molecule has 1 aromatic carbocycles. The molecule has 1 heterocycles. The van der Waals surface area contributed by atoms with Gasteiger partial charge in [-0.25, -0.2) is 4.39 Å². The Morgan fingerprint density at radius 1 is 1.22 bits per heavy atom. The number of nitrogens with zero attached hydrogens (tertiary/aromatic N) is 1. The molecular formula is C16H18FN. The summed E-state index contributed by atoms with van der Waals surface area (Å²) in [5.41, 5.74) is 6.71. The molecule has 0 saturated carbocycles. The minimum Gasteiger partial charge on any atom is -0.253 e. The normalized spacial score (nSPS) is 14.2. The lowest BCUT2D eigenvalue weighted by atomic mass is 9.84. The van der Waals surface area contributed by atoms with E-state index in [1.54, 1.807) is 6.07 Å². The molecule has 2 aromatic rings. The highest BCUT2D eigenvalue weighted by Crippen LogP contribution is 2.35. The van der Waals surface area contributed by atoms with Crippen molar-refractivity contribution in [3.8, 4) is 0 Å². The van der Waals surface area contributed by atoms with Gasteiger partial charge in [-0.05, 0) is 61.8 Å². The van der Waals surface area contributed by atoms with E-state index in [1.165, 1.54) is 22.1 Å². The maximum Gasteiger partial charge on any atom is 0.128 e. The minimum absolute atomic E-state index is 0.110. The topological polar surface area (TPSA) is 12.9 Å². The Balaban J connectivity index is 2.50. The summed E-state index contributed by atoms with van der Waals surface area (Å²) in [5, 5.41) is 1.24. The van der Waals surface area contributed by atoms with Crippen molar-refractivity contribution in [2.45, 2.75) is 46.5 Å². The molecule has 0 bridgehead atoms. The molecule has 3 rings (SSSR count). The fraction of sp³-hybridized carbons (Fsp3) is 0.438. The third kappa shape index (κ3) is 1.48. The van der Waals surface area contributed by atoms with E-state index < -0.39 is 0 Å². The smallest absolute Gasteiger partial charge is 0.128 e. The van der Waals surface area contributed by atoms with Crippen molar-refractivity contribution in [1.29, 1.82) is 0 Å². The number of aromatic nitrogens is 1. The lowest BCUT2D eigenvalue weighted by Gasteiger charge is -2.23. The first-order chi connectivity index (χ1) is 8.63. The van der Waals surface area contributed by atoms with E-state index in [4.69, 9.17) is 0 Å². The first kappa shape index (κ1) is 11.6. The second-order valence-corrected chi connectivity index (χ2v) is 5.22. The highest BCUT2D eigenvalue weighted by atomic mass is 19.1. The van der Waals surface area contributed by atoms with Crippen LogP contribution >= 0.6 is 0 Å². The van der Waals surface area contributed by atoms with Crippen molar-refractivity contribution in [3.63, 3.8) is 0 Å². The Morgan fingerprint density at radius 2 is 1.94 bits per heavy atom. The van der Waals surface area contributed by atoms with Crippen molar-refractivity contribution in [2.24, 2.45) is 0 Å². The van der Waals surface area contributed by atoms with Crippen molar-refractivity contribution in [1.82, 2.24) is 4.98 Å². The monoisotopic (exact) mass is 243 g/mol. The van der Waals surface area contributed by atoms with Crippen LogP contribution in [0.4, 0.5) is 4.39 Å². The Bertz CT molecular complexity index is 644. The molecule has 0 aliphatic heterocycles. The van der Waals surface area contributed by atoms with Gasteiger partial charge in [0.15, 0.2) is 0 Å². The summed E-state index contributed by atoms with van der Waals surface area (Å²) in [6.45, 7) is 6.11. The Labute approximate surface area is 107 Å². The van der Waals surface area contributed by atoms with E-state index in [2.05, 4.69) is 11.9 Å². The van der Waals surface area contributed by atoms with Crippen molar-refractivity contribution >= 4 is 10.9 Å². The summed E-state index contributed by atoms with van der Waals surface area (Å²) in [5.74, 6) is -0.110. The molecular weight excluding hydrogens is 225 g/mol. The van der Waals surface area contributed by atoms with Gasteiger partial charge in [0, 0.05) is 17.1 Å². The fourth-order valence-electron chi connectivity index (χ4n) is 3.33. The third-order valence-electron chi connectivity index (χ3n) is 4.23. The van der Waals surface area contributed by atoms with E-state index in [-0.39, 0.29) is 5.82 Å². The molecule has 0 amide bonds. The molecule has 0 unspecified atom stereocenters. The highest BCUT2D eigenvalue weighted by molar-refractivity contribution is 5.89. The van der Waals surface area contributed by atoms with Crippen LogP contribution < -0.4 is 0 Å². The van der Waals surface area contributed by atoms with Crippen LogP contribution in [0.2, 0.25) is 0 Å². The predicted molar refractivity (Wildman–Crippen MR) is 72.6 cm³/mol. The zero-order valence-electron chi connectivity index (χ0n) is 11.2. The van der Waals surface area contributed by atoms with Gasteiger partial charge in [-0.15, -0.1) is 0 Å². The van der Waals surface area contributed by atoms with Crippen LogP contribution in [0.25, 0.3) is 10.9 Å². The Hall–Kier alpha value is -1.44. The molecule has 2 heteroatoms. The Morgan fingerprint density at radius 3 is 2.67 bits per heavy atom. The van der Waals surface area contributed by atoms with Crippen LogP contribution in [0.15, 0.2) is 6.07 Å². The second-order valence-electron chi connectivity index (χ2n) is 5.22. The fourth-order valence-corrected chi connectivity index (χ4v) is 3.33. The maximum absolute atomic E-state index is 13.9. The number of hydrogen-bond donors (Lipinski definition) is 0. The summed E-state index contributed by atoms with van der Waals surface area (Å²) < 4.78 is 13.9. The molecule has 0 spiro atoms. The van der Waals surface area contributed by atoms with Crippen molar-refractivity contribution in [3.05, 3.63) is 39.8 Å². The van der Waals surface area contributed by atoms with Crippen LogP contribution in [0.5, 0.6) is 0 Å². The zero-order chi connectivity index (χ0) is 12.9. The first-order valence-electron chi connectivity index (χ1n) is 6.73. The summed E-state index contributed by atoms with van der Waals surface area (Å²) in [7, 11) is 0. The first-order valence-corrected chi connectivity index (χ1v) is 6.73. The average molecular weight is 243 g/mol. The molecule has 1 aliphatic rings. The van der Waals surface area contributed by atoms with Gasteiger partial charge >= 0.3 is 0 Å². The van der Waals surface area contributed by atoms with Gasteiger partial charge in [0.25, 0.3) is 0 Å². The van der Waals surface area contributed by atoms with Gasteiger partial charge in [-0.2, -0.15) is 0 Å². The SMILES string of the molecule is CCc1c(C)nc2cc(F)c(C)c3c2c1CCC3. The lowest BCUT2D eigenvalue weighted by molar-refractivity contribution is 0.614. The molecule has 0 saturated heterocycles. The number of pyridine rings is 1. The maximum atomic E-state index is 13.9. The molecule has 0 atom stereocenters. The molecule has 0 fully saturated rings. The largest absolute Gasteiger partial charge is 0.253 e. The molecule has 0 radical (unpaired) electrons. The van der Waals surface area contributed by atoms with Crippen LogP contribution in [0, 0.1) is 19.7 Å². The number of benzene rings is 1. The number of rotatable bonds is 1. The second kappa shape index (κ2) is 4.04. The Kier molecular flexibility index (Phi) is 2.61. The molecule has 94 valence electrons. The quantitative estimate of drug-likeness (QED) is 0.736. The van der Waals surface area contributed by atoms with Crippen LogP contribution in [-0.4, -0.2) is 4.98 Å². The van der Waals surface area contributed by atoms with E-state index >= 15 is 0 Å². The average Bonchev–Trinajstić information content (AvgIpc) is 2.36. The van der Waals surface area contributed by atoms with E-state index in [9.17, 15) is 4.39 Å². The molecule has 1 aliphatic carbocycles. The number of aryl methyl sites for hydroxylation is 3. The molecule has 1 nitrogen and oxygen atoms in total. The number of hydrogen-bond acceptors (Lipinski definition) is 1. The van der Waals surface area contributed by atoms with E-state index in [0.717, 1.165) is 42.5 Å². The summed E-state index contributed by atoms with van der Waals surface area (Å²) >= 11 is 0. The standard InChI is InChI=1S/C16H18FN/c1-4-11-10(3)18-15-8-14(17)9(2)12-6-5-7-13(11)16(12)15/h8H,4-7H2,1-3H3. The molecule has 1 aromatic heterocycles. The number of halogens is 1. The molecule has 18 heavy (non-hydrogen) atoms. The van der Waals surface area contributed by atoms with E-state index in [1.807, 2.05) is 13.8 Å². The van der Waals surface area contributed by atoms with Gasteiger partial charge in [0.2, 0.25) is 0 Å². The van der Waals surface area contributed by atoms with Gasteiger partial charge in [-0.1, -0.05) is 6.92 Å². The van der Waals surface area contributed by atoms with Gasteiger partial charge in [0.1, 0.15) is 5.82 Å². The minimum atomic E-state index is -0.110. The third-order valence-corrected chi connectivity index (χ3v) is 4.23. The van der Waals surface area contributed by atoms with Crippen LogP contribution in [-0.2, 0) is 19.3 Å². The van der Waals surface area contributed by atoms with Crippen molar-refractivity contribution in [2.75, 3.05) is 0 Å². The summed E-state index contributed by atoms with van der Waals surface area (Å²) in [6, 6.07) is 1.61. The highest BCUT2D eigenvalue weighted by Gasteiger charge is 2.21. The van der Waals surface area contributed by atoms with Crippen molar-refractivity contribution < 1.29 is 4.39 Å². The van der Waals surface area contributed by atoms with E-state index in [0.29, 0.717) is 0 Å².